The highest BCUT2D eigenvalue weighted by molar-refractivity contribution is 6.02. The van der Waals surface area contributed by atoms with Crippen LogP contribution in [0.25, 0.3) is 17.2 Å². The Labute approximate surface area is 157 Å². The Morgan fingerprint density at radius 3 is 2.67 bits per heavy atom. The van der Waals surface area contributed by atoms with Crippen LogP contribution in [0.15, 0.2) is 46.9 Å². The molecule has 0 fully saturated rings. The lowest BCUT2D eigenvalue weighted by Crippen LogP contribution is -2.07. The van der Waals surface area contributed by atoms with Crippen molar-refractivity contribution in [1.82, 2.24) is 4.98 Å². The average Bonchev–Trinajstić information content (AvgIpc) is 3.10. The van der Waals surface area contributed by atoms with Gasteiger partial charge >= 0.3 is 0 Å². The maximum Gasteiger partial charge on any atom is 0.248 e. The number of aromatic nitrogens is 1. The predicted molar refractivity (Wildman–Crippen MR) is 105 cm³/mol. The van der Waals surface area contributed by atoms with Crippen LogP contribution in [-0.2, 0) is 4.79 Å². The molecule has 0 aliphatic rings. The zero-order chi connectivity index (χ0) is 19.4. The van der Waals surface area contributed by atoms with Gasteiger partial charge in [0.1, 0.15) is 17.0 Å². The fourth-order valence-electron chi connectivity index (χ4n) is 2.58. The van der Waals surface area contributed by atoms with Crippen molar-refractivity contribution in [1.29, 1.82) is 0 Å². The third-order valence-corrected chi connectivity index (χ3v) is 4.02. The van der Waals surface area contributed by atoms with Gasteiger partial charge in [0.05, 0.1) is 14.2 Å². The van der Waals surface area contributed by atoms with E-state index in [9.17, 15) is 4.79 Å². The molecule has 0 aliphatic carbocycles. The van der Waals surface area contributed by atoms with Gasteiger partial charge in [0.15, 0.2) is 11.5 Å². The number of ether oxygens (including phenoxy) is 2. The highest BCUT2D eigenvalue weighted by atomic mass is 16.5. The molecule has 2 aromatic carbocycles. The number of amides is 1. The molecule has 27 heavy (non-hydrogen) atoms. The molecule has 0 aliphatic heterocycles. The van der Waals surface area contributed by atoms with E-state index in [1.807, 2.05) is 26.0 Å². The number of hydrogen-bond donors (Lipinski definition) is 1. The Kier molecular flexibility index (Phi) is 5.45. The number of carbonyl (C=O) groups is 1. The zero-order valence-corrected chi connectivity index (χ0v) is 15.8. The van der Waals surface area contributed by atoms with Crippen molar-refractivity contribution in [3.63, 3.8) is 0 Å². The molecule has 1 N–H and O–H groups in total. The van der Waals surface area contributed by atoms with Crippen LogP contribution in [0.5, 0.6) is 11.5 Å². The molecular weight excluding hydrogens is 344 g/mol. The first-order valence-electron chi connectivity index (χ1n) is 8.61. The van der Waals surface area contributed by atoms with Crippen molar-refractivity contribution in [2.24, 2.45) is 0 Å². The quantitative estimate of drug-likeness (QED) is 0.644. The summed E-state index contributed by atoms with van der Waals surface area (Å²) in [6, 6.07) is 10.8. The van der Waals surface area contributed by atoms with Gasteiger partial charge in [-0.15, -0.1) is 0 Å². The fourth-order valence-corrected chi connectivity index (χ4v) is 2.58. The lowest BCUT2D eigenvalue weighted by molar-refractivity contribution is -0.111. The second kappa shape index (κ2) is 7.95. The van der Waals surface area contributed by atoms with Gasteiger partial charge in [0.25, 0.3) is 0 Å². The van der Waals surface area contributed by atoms with Gasteiger partial charge in [-0.1, -0.05) is 13.8 Å². The van der Waals surface area contributed by atoms with Crippen LogP contribution in [0.2, 0.25) is 0 Å². The molecule has 1 heterocycles. The third kappa shape index (κ3) is 4.28. The van der Waals surface area contributed by atoms with Gasteiger partial charge in [-0.05, 0) is 36.4 Å². The largest absolute Gasteiger partial charge is 0.497 e. The highest BCUT2D eigenvalue weighted by Crippen LogP contribution is 2.26. The SMILES string of the molecule is COc1ccc(/C=C/C(=O)Nc2ccc3oc(C(C)C)nc3c2)c(OC)c1. The first kappa shape index (κ1) is 18.5. The molecule has 6 heteroatoms. The van der Waals surface area contributed by atoms with Gasteiger partial charge < -0.3 is 19.2 Å². The number of oxazole rings is 1. The minimum absolute atomic E-state index is 0.206. The van der Waals surface area contributed by atoms with Crippen molar-refractivity contribution in [3.8, 4) is 11.5 Å². The number of hydrogen-bond acceptors (Lipinski definition) is 5. The molecule has 0 saturated carbocycles. The molecule has 1 aromatic heterocycles. The number of anilines is 1. The summed E-state index contributed by atoms with van der Waals surface area (Å²) >= 11 is 0. The number of fused-ring (bicyclic) bond motifs is 1. The van der Waals surface area contributed by atoms with Crippen molar-refractivity contribution in [3.05, 3.63) is 53.9 Å². The fraction of sp³-hybridized carbons (Fsp3) is 0.238. The zero-order valence-electron chi connectivity index (χ0n) is 15.8. The topological polar surface area (TPSA) is 73.6 Å². The van der Waals surface area contributed by atoms with Crippen LogP contribution in [0, 0.1) is 0 Å². The number of methoxy groups -OCH3 is 2. The van der Waals surface area contributed by atoms with E-state index >= 15 is 0 Å². The van der Waals surface area contributed by atoms with Crippen LogP contribution in [0.4, 0.5) is 5.69 Å². The Morgan fingerprint density at radius 2 is 1.96 bits per heavy atom. The monoisotopic (exact) mass is 366 g/mol. The molecular formula is C21H22N2O4. The van der Waals surface area contributed by atoms with E-state index < -0.39 is 0 Å². The summed E-state index contributed by atoms with van der Waals surface area (Å²) in [4.78, 5) is 16.7. The smallest absolute Gasteiger partial charge is 0.248 e. The van der Waals surface area contributed by atoms with Gasteiger partial charge in [0, 0.05) is 29.3 Å². The second-order valence-electron chi connectivity index (χ2n) is 6.32. The molecule has 6 nitrogen and oxygen atoms in total. The lowest BCUT2D eigenvalue weighted by Gasteiger charge is -2.07. The van der Waals surface area contributed by atoms with Crippen LogP contribution < -0.4 is 14.8 Å². The highest BCUT2D eigenvalue weighted by Gasteiger charge is 2.10. The maximum atomic E-state index is 12.3. The Balaban J connectivity index is 1.73. The van der Waals surface area contributed by atoms with Crippen LogP contribution in [0.3, 0.4) is 0 Å². The molecule has 0 spiro atoms. The van der Waals surface area contributed by atoms with E-state index in [1.165, 1.54) is 6.08 Å². The Morgan fingerprint density at radius 1 is 1.15 bits per heavy atom. The van der Waals surface area contributed by atoms with E-state index in [0.717, 1.165) is 11.1 Å². The van der Waals surface area contributed by atoms with Gasteiger partial charge in [-0.3, -0.25) is 4.79 Å². The van der Waals surface area contributed by atoms with Crippen molar-refractivity contribution in [2.75, 3.05) is 19.5 Å². The maximum absolute atomic E-state index is 12.3. The molecule has 0 atom stereocenters. The summed E-state index contributed by atoms with van der Waals surface area (Å²) in [7, 11) is 3.16. The van der Waals surface area contributed by atoms with Crippen LogP contribution >= 0.6 is 0 Å². The predicted octanol–water partition coefficient (Wildman–Crippen LogP) is 4.62. The van der Waals surface area contributed by atoms with Crippen molar-refractivity contribution >= 4 is 28.8 Å². The minimum Gasteiger partial charge on any atom is -0.497 e. The Hall–Kier alpha value is -3.28. The van der Waals surface area contributed by atoms with Gasteiger partial charge in [-0.2, -0.15) is 0 Å². The first-order valence-corrected chi connectivity index (χ1v) is 8.61. The van der Waals surface area contributed by atoms with Crippen LogP contribution in [-0.4, -0.2) is 25.1 Å². The number of carbonyl (C=O) groups excluding carboxylic acids is 1. The van der Waals surface area contributed by atoms with Gasteiger partial charge in [-0.25, -0.2) is 4.98 Å². The number of benzene rings is 2. The number of nitrogens with one attached hydrogen (secondary N) is 1. The van der Waals surface area contributed by atoms with E-state index in [0.29, 0.717) is 28.7 Å². The Bertz CT molecular complexity index is 989. The molecule has 140 valence electrons. The van der Waals surface area contributed by atoms with Gasteiger partial charge in [0.2, 0.25) is 5.91 Å². The summed E-state index contributed by atoms with van der Waals surface area (Å²) in [6.07, 6.45) is 3.15. The summed E-state index contributed by atoms with van der Waals surface area (Å²) in [5, 5.41) is 2.83. The summed E-state index contributed by atoms with van der Waals surface area (Å²) < 4.78 is 16.2. The normalized spacial score (nSPS) is 11.3. The van der Waals surface area contributed by atoms with E-state index in [4.69, 9.17) is 13.9 Å². The third-order valence-electron chi connectivity index (χ3n) is 4.02. The molecule has 0 bridgehead atoms. The van der Waals surface area contributed by atoms with Crippen molar-refractivity contribution in [2.45, 2.75) is 19.8 Å². The average molecular weight is 366 g/mol. The molecule has 3 aromatic rings. The molecule has 1 amide bonds. The van der Waals surface area contributed by atoms with Crippen LogP contribution in [0.1, 0.15) is 31.2 Å². The second-order valence-corrected chi connectivity index (χ2v) is 6.32. The van der Waals surface area contributed by atoms with E-state index in [2.05, 4.69) is 10.3 Å². The minimum atomic E-state index is -0.250. The number of nitrogens with zero attached hydrogens (tertiary/aromatic N) is 1. The summed E-state index contributed by atoms with van der Waals surface area (Å²) in [6.45, 7) is 4.04. The summed E-state index contributed by atoms with van der Waals surface area (Å²) in [5.74, 6) is 1.95. The molecule has 0 unspecified atom stereocenters. The molecule has 3 rings (SSSR count). The summed E-state index contributed by atoms with van der Waals surface area (Å²) in [5.41, 5.74) is 2.86. The van der Waals surface area contributed by atoms with Crippen molar-refractivity contribution < 1.29 is 18.7 Å². The number of rotatable bonds is 6. The van der Waals surface area contributed by atoms with E-state index in [-0.39, 0.29) is 11.8 Å². The molecule has 0 saturated heterocycles. The van der Waals surface area contributed by atoms with E-state index in [1.54, 1.807) is 44.6 Å². The molecule has 0 radical (unpaired) electrons. The first-order chi connectivity index (χ1) is 13.0. The standard InChI is InChI=1S/C21H22N2O4/c1-13(2)21-23-17-11-15(7-9-18(17)27-21)22-20(24)10-6-14-5-8-16(25-3)12-19(14)26-4/h5-13H,1-4H3,(H,22,24)/b10-6+. The lowest BCUT2D eigenvalue weighted by atomic mass is 10.1.